The average molecular weight is 224 g/mol. The molecular weight excluding hydrogens is 212 g/mol. The smallest absolute Gasteiger partial charge is 0.323 e. The van der Waals surface area contributed by atoms with Gasteiger partial charge in [-0.25, -0.2) is 0 Å². The van der Waals surface area contributed by atoms with Crippen LogP contribution < -0.4 is 5.73 Å². The number of nitrogens with two attached hydrogens (primary N) is 1. The first-order chi connectivity index (χ1) is 7.33. The molecule has 0 fully saturated rings. The molecule has 0 spiro atoms. The third-order valence-electron chi connectivity index (χ3n) is 2.21. The van der Waals surface area contributed by atoms with Gasteiger partial charge in [0, 0.05) is 18.6 Å². The van der Waals surface area contributed by atoms with Gasteiger partial charge in [-0.15, -0.1) is 0 Å². The van der Waals surface area contributed by atoms with E-state index in [9.17, 15) is 14.9 Å². The maximum Gasteiger partial charge on any atom is 0.323 e. The van der Waals surface area contributed by atoms with E-state index in [1.165, 1.54) is 31.2 Å². The van der Waals surface area contributed by atoms with E-state index in [0.717, 1.165) is 0 Å². The Labute approximate surface area is 91.8 Å². The zero-order valence-corrected chi connectivity index (χ0v) is 8.71. The molecule has 0 amide bonds. The van der Waals surface area contributed by atoms with E-state index in [0.29, 0.717) is 5.56 Å². The van der Waals surface area contributed by atoms with Gasteiger partial charge in [0.2, 0.25) is 0 Å². The van der Waals surface area contributed by atoms with Gasteiger partial charge >= 0.3 is 5.97 Å². The van der Waals surface area contributed by atoms with Gasteiger partial charge in [0.15, 0.2) is 0 Å². The number of hydrogen-bond donors (Lipinski definition) is 2. The lowest BCUT2D eigenvalue weighted by Crippen LogP contribution is -2.46. The summed E-state index contributed by atoms with van der Waals surface area (Å²) in [6, 6.07) is 5.67. The molecule has 0 heterocycles. The Morgan fingerprint density at radius 2 is 2.00 bits per heavy atom. The van der Waals surface area contributed by atoms with Crippen LogP contribution in [-0.2, 0) is 11.2 Å². The molecule has 0 aliphatic heterocycles. The van der Waals surface area contributed by atoms with Gasteiger partial charge < -0.3 is 10.8 Å². The maximum atomic E-state index is 10.8. The third kappa shape index (κ3) is 2.77. The molecule has 1 aromatic rings. The second-order valence-electron chi connectivity index (χ2n) is 3.82. The van der Waals surface area contributed by atoms with Crippen LogP contribution in [0.15, 0.2) is 24.3 Å². The lowest BCUT2D eigenvalue weighted by molar-refractivity contribution is -0.384. The highest BCUT2D eigenvalue weighted by Crippen LogP contribution is 2.16. The predicted octanol–water partition coefficient (Wildman–Crippen LogP) is 0.939. The number of nitrogens with zero attached hydrogens (tertiary/aromatic N) is 1. The number of rotatable bonds is 4. The van der Waals surface area contributed by atoms with Crippen LogP contribution >= 0.6 is 0 Å². The monoisotopic (exact) mass is 224 g/mol. The summed E-state index contributed by atoms with van der Waals surface area (Å²) in [6.45, 7) is 1.40. The first-order valence-electron chi connectivity index (χ1n) is 4.58. The molecule has 6 heteroatoms. The van der Waals surface area contributed by atoms with Crippen molar-refractivity contribution < 1.29 is 14.8 Å². The van der Waals surface area contributed by atoms with Crippen molar-refractivity contribution in [2.45, 2.75) is 18.9 Å². The van der Waals surface area contributed by atoms with E-state index in [-0.39, 0.29) is 12.1 Å². The van der Waals surface area contributed by atoms with E-state index in [1.807, 2.05) is 0 Å². The zero-order chi connectivity index (χ0) is 12.3. The molecule has 16 heavy (non-hydrogen) atoms. The van der Waals surface area contributed by atoms with Gasteiger partial charge in [0.25, 0.3) is 5.69 Å². The molecule has 0 aromatic heterocycles. The first-order valence-corrected chi connectivity index (χ1v) is 4.58. The number of non-ortho nitro benzene ring substituents is 1. The van der Waals surface area contributed by atoms with Crippen LogP contribution in [0.25, 0.3) is 0 Å². The van der Waals surface area contributed by atoms with Crippen molar-refractivity contribution in [3.63, 3.8) is 0 Å². The maximum absolute atomic E-state index is 10.8. The van der Waals surface area contributed by atoms with Crippen LogP contribution in [0.2, 0.25) is 0 Å². The standard InChI is InChI=1S/C10H12N2O4/c1-10(11,9(13)14)6-7-2-4-8(5-3-7)12(15)16/h2-5H,6,11H2,1H3,(H,13,14). The minimum absolute atomic E-state index is 0.0298. The SMILES string of the molecule is CC(N)(Cc1ccc([N+](=O)[O-])cc1)C(=O)O. The van der Waals surface area contributed by atoms with Crippen molar-refractivity contribution in [1.82, 2.24) is 0 Å². The Bertz CT molecular complexity index is 411. The van der Waals surface area contributed by atoms with Gasteiger partial charge in [0.1, 0.15) is 5.54 Å². The normalized spacial score (nSPS) is 14.1. The number of hydrogen-bond acceptors (Lipinski definition) is 4. The number of nitro groups is 1. The summed E-state index contributed by atoms with van der Waals surface area (Å²) >= 11 is 0. The van der Waals surface area contributed by atoms with Crippen molar-refractivity contribution >= 4 is 11.7 Å². The fraction of sp³-hybridized carbons (Fsp3) is 0.300. The Morgan fingerprint density at radius 3 is 2.38 bits per heavy atom. The minimum Gasteiger partial charge on any atom is -0.480 e. The van der Waals surface area contributed by atoms with Crippen LogP contribution in [0.5, 0.6) is 0 Å². The quantitative estimate of drug-likeness (QED) is 0.584. The molecule has 1 aromatic carbocycles. The molecule has 86 valence electrons. The van der Waals surface area contributed by atoms with Gasteiger partial charge in [-0.1, -0.05) is 12.1 Å². The summed E-state index contributed by atoms with van der Waals surface area (Å²) in [5, 5.41) is 19.2. The lowest BCUT2D eigenvalue weighted by Gasteiger charge is -2.18. The van der Waals surface area contributed by atoms with Gasteiger partial charge in [-0.05, 0) is 12.5 Å². The molecule has 0 saturated heterocycles. The summed E-state index contributed by atoms with van der Waals surface area (Å²) in [7, 11) is 0. The Kier molecular flexibility index (Phi) is 3.24. The summed E-state index contributed by atoms with van der Waals surface area (Å²) in [4.78, 5) is 20.6. The van der Waals surface area contributed by atoms with Crippen LogP contribution in [0.1, 0.15) is 12.5 Å². The minimum atomic E-state index is -1.36. The second-order valence-corrected chi connectivity index (χ2v) is 3.82. The van der Waals surface area contributed by atoms with Crippen LogP contribution in [0.4, 0.5) is 5.69 Å². The molecule has 6 nitrogen and oxygen atoms in total. The van der Waals surface area contributed by atoms with Crippen molar-refractivity contribution in [3.8, 4) is 0 Å². The number of carboxylic acid groups (broad SMARTS) is 1. The second kappa shape index (κ2) is 4.28. The van der Waals surface area contributed by atoms with Crippen LogP contribution in [-0.4, -0.2) is 21.5 Å². The molecule has 0 aliphatic carbocycles. The van der Waals surface area contributed by atoms with Gasteiger partial charge in [-0.2, -0.15) is 0 Å². The topological polar surface area (TPSA) is 106 Å². The van der Waals surface area contributed by atoms with Crippen LogP contribution in [0, 0.1) is 10.1 Å². The highest BCUT2D eigenvalue weighted by atomic mass is 16.6. The van der Waals surface area contributed by atoms with Crippen molar-refractivity contribution in [1.29, 1.82) is 0 Å². The van der Waals surface area contributed by atoms with Crippen molar-refractivity contribution in [2.24, 2.45) is 5.73 Å². The molecule has 1 unspecified atom stereocenters. The highest BCUT2D eigenvalue weighted by Gasteiger charge is 2.28. The summed E-state index contributed by atoms with van der Waals surface area (Å²) < 4.78 is 0. The number of benzene rings is 1. The van der Waals surface area contributed by atoms with E-state index in [4.69, 9.17) is 10.8 Å². The predicted molar refractivity (Wildman–Crippen MR) is 57.0 cm³/mol. The Morgan fingerprint density at radius 1 is 1.50 bits per heavy atom. The van der Waals surface area contributed by atoms with Gasteiger partial charge in [-0.3, -0.25) is 14.9 Å². The molecule has 0 saturated carbocycles. The number of carboxylic acids is 1. The van der Waals surface area contributed by atoms with E-state index < -0.39 is 16.4 Å². The molecule has 3 N–H and O–H groups in total. The molecule has 0 radical (unpaired) electrons. The van der Waals surface area contributed by atoms with E-state index in [2.05, 4.69) is 0 Å². The van der Waals surface area contributed by atoms with Crippen LogP contribution in [0.3, 0.4) is 0 Å². The van der Waals surface area contributed by atoms with Crippen molar-refractivity contribution in [3.05, 3.63) is 39.9 Å². The average Bonchev–Trinajstić information content (AvgIpc) is 2.17. The van der Waals surface area contributed by atoms with E-state index in [1.54, 1.807) is 0 Å². The number of nitro benzene ring substituents is 1. The third-order valence-corrected chi connectivity index (χ3v) is 2.21. The Hall–Kier alpha value is -1.95. The first kappa shape index (κ1) is 12.1. The molecule has 1 rings (SSSR count). The highest BCUT2D eigenvalue weighted by molar-refractivity contribution is 5.78. The molecule has 1 atom stereocenters. The Balaban J connectivity index is 2.84. The molecule has 0 bridgehead atoms. The van der Waals surface area contributed by atoms with Gasteiger partial charge in [0.05, 0.1) is 4.92 Å². The fourth-order valence-electron chi connectivity index (χ4n) is 1.24. The molecule has 0 aliphatic rings. The summed E-state index contributed by atoms with van der Waals surface area (Å²) in [5.74, 6) is -1.11. The number of carbonyl (C=O) groups is 1. The van der Waals surface area contributed by atoms with E-state index >= 15 is 0 Å². The molecular formula is C10H12N2O4. The summed E-state index contributed by atoms with van der Waals surface area (Å²) in [5.41, 5.74) is 4.81. The fourth-order valence-corrected chi connectivity index (χ4v) is 1.24. The van der Waals surface area contributed by atoms with Crippen molar-refractivity contribution in [2.75, 3.05) is 0 Å². The lowest BCUT2D eigenvalue weighted by atomic mass is 9.94. The number of aliphatic carboxylic acids is 1. The largest absolute Gasteiger partial charge is 0.480 e. The zero-order valence-electron chi connectivity index (χ0n) is 8.71. The summed E-state index contributed by atoms with van der Waals surface area (Å²) in [6.07, 6.45) is 0.125.